The number of hydrogen-bond acceptors (Lipinski definition) is 5. The molecule has 0 spiro atoms. The molecule has 6 nitrogen and oxygen atoms in total. The quantitative estimate of drug-likeness (QED) is 0.491. The Balaban J connectivity index is 1.51. The predicted octanol–water partition coefficient (Wildman–Crippen LogP) is 3.82. The highest BCUT2D eigenvalue weighted by molar-refractivity contribution is 6.01. The molecule has 0 atom stereocenters. The second-order valence-electron chi connectivity index (χ2n) is 7.52. The van der Waals surface area contributed by atoms with Crippen molar-refractivity contribution in [1.82, 2.24) is 0 Å². The van der Waals surface area contributed by atoms with Crippen LogP contribution in [0.5, 0.6) is 0 Å². The highest BCUT2D eigenvalue weighted by Crippen LogP contribution is 2.22. The number of Topliss-reactive ketones (excluding diaryl/α,β-unsaturated/α-hetero) is 2. The van der Waals surface area contributed by atoms with Crippen molar-refractivity contribution >= 4 is 29.1 Å². The fourth-order valence-corrected chi connectivity index (χ4v) is 3.46. The summed E-state index contributed by atoms with van der Waals surface area (Å²) in [7, 11) is 0. The third kappa shape index (κ3) is 5.20. The number of carbonyl (C=O) groups is 4. The van der Waals surface area contributed by atoms with E-state index < -0.39 is 12.6 Å². The molecule has 2 aromatic rings. The number of esters is 1. The van der Waals surface area contributed by atoms with E-state index in [4.69, 9.17) is 4.74 Å². The lowest BCUT2D eigenvalue weighted by atomic mass is 9.99. The first-order valence-corrected chi connectivity index (χ1v) is 10.0. The molecule has 3 rings (SSSR count). The summed E-state index contributed by atoms with van der Waals surface area (Å²) in [5.74, 6) is -1.02. The Morgan fingerprint density at radius 3 is 2.53 bits per heavy atom. The molecule has 0 aromatic heterocycles. The van der Waals surface area contributed by atoms with Crippen LogP contribution in [0.15, 0.2) is 42.5 Å². The summed E-state index contributed by atoms with van der Waals surface area (Å²) < 4.78 is 5.06. The average Bonchev–Trinajstić information content (AvgIpc) is 3.18. The van der Waals surface area contributed by atoms with Gasteiger partial charge in [0.2, 0.25) is 5.91 Å². The van der Waals surface area contributed by atoms with Crippen LogP contribution >= 0.6 is 0 Å². The summed E-state index contributed by atoms with van der Waals surface area (Å²) >= 11 is 0. The van der Waals surface area contributed by atoms with Crippen LogP contribution in [0.4, 0.5) is 5.69 Å². The van der Waals surface area contributed by atoms with Crippen molar-refractivity contribution in [2.75, 3.05) is 18.1 Å². The SMILES string of the molecule is Cc1ccc(C)c(C(=O)CCC(=O)OCC(=O)c2cccc(N3CCCC3=O)c2)c1. The van der Waals surface area contributed by atoms with Gasteiger partial charge < -0.3 is 9.64 Å². The lowest BCUT2D eigenvalue weighted by Crippen LogP contribution is -2.24. The number of amides is 1. The monoisotopic (exact) mass is 407 g/mol. The van der Waals surface area contributed by atoms with Gasteiger partial charge in [-0.3, -0.25) is 19.2 Å². The minimum Gasteiger partial charge on any atom is -0.457 e. The van der Waals surface area contributed by atoms with Crippen LogP contribution in [0.2, 0.25) is 0 Å². The molecule has 1 fully saturated rings. The molecule has 6 heteroatoms. The Morgan fingerprint density at radius 2 is 1.80 bits per heavy atom. The number of anilines is 1. The van der Waals surface area contributed by atoms with E-state index in [-0.39, 0.29) is 30.3 Å². The highest BCUT2D eigenvalue weighted by atomic mass is 16.5. The number of carbonyl (C=O) groups excluding carboxylic acids is 4. The van der Waals surface area contributed by atoms with Crippen molar-refractivity contribution in [2.24, 2.45) is 0 Å². The molecule has 2 aromatic carbocycles. The maximum Gasteiger partial charge on any atom is 0.306 e. The zero-order chi connectivity index (χ0) is 21.7. The summed E-state index contributed by atoms with van der Waals surface area (Å²) in [4.78, 5) is 50.3. The zero-order valence-electron chi connectivity index (χ0n) is 17.3. The van der Waals surface area contributed by atoms with E-state index in [9.17, 15) is 19.2 Å². The first kappa shape index (κ1) is 21.4. The van der Waals surface area contributed by atoms with Gasteiger partial charge in [0.15, 0.2) is 18.2 Å². The van der Waals surface area contributed by atoms with Gasteiger partial charge >= 0.3 is 5.97 Å². The van der Waals surface area contributed by atoms with Crippen LogP contribution in [0.3, 0.4) is 0 Å². The second-order valence-corrected chi connectivity index (χ2v) is 7.52. The predicted molar refractivity (Wildman–Crippen MR) is 113 cm³/mol. The number of benzene rings is 2. The van der Waals surface area contributed by atoms with Gasteiger partial charge in [0, 0.05) is 36.2 Å². The zero-order valence-corrected chi connectivity index (χ0v) is 17.3. The van der Waals surface area contributed by atoms with Gasteiger partial charge in [0.25, 0.3) is 0 Å². The van der Waals surface area contributed by atoms with Crippen LogP contribution in [0.25, 0.3) is 0 Å². The normalized spacial score (nSPS) is 13.4. The Bertz CT molecular complexity index is 995. The van der Waals surface area contributed by atoms with Crippen molar-refractivity contribution < 1.29 is 23.9 Å². The number of ether oxygens (including phenoxy) is 1. The van der Waals surface area contributed by atoms with Crippen molar-refractivity contribution in [3.05, 3.63) is 64.7 Å². The number of hydrogen-bond donors (Lipinski definition) is 0. The van der Waals surface area contributed by atoms with Crippen LogP contribution in [-0.2, 0) is 14.3 Å². The molecule has 0 bridgehead atoms. The summed E-state index contributed by atoms with van der Waals surface area (Å²) in [5, 5.41) is 0. The van der Waals surface area contributed by atoms with Gasteiger partial charge in [0.05, 0.1) is 6.42 Å². The van der Waals surface area contributed by atoms with Crippen molar-refractivity contribution in [3.63, 3.8) is 0 Å². The Hall–Kier alpha value is -3.28. The maximum atomic E-state index is 12.4. The summed E-state index contributed by atoms with van der Waals surface area (Å²) in [6.07, 6.45) is 1.26. The fraction of sp³-hybridized carbons (Fsp3) is 0.333. The van der Waals surface area contributed by atoms with Gasteiger partial charge in [-0.05, 0) is 44.0 Å². The van der Waals surface area contributed by atoms with E-state index in [0.717, 1.165) is 17.5 Å². The molecule has 0 N–H and O–H groups in total. The van der Waals surface area contributed by atoms with Crippen molar-refractivity contribution in [2.45, 2.75) is 39.5 Å². The molecular weight excluding hydrogens is 382 g/mol. The molecule has 1 aliphatic heterocycles. The minimum absolute atomic E-state index is 0.0316. The van der Waals surface area contributed by atoms with Gasteiger partial charge in [0.1, 0.15) is 0 Å². The highest BCUT2D eigenvalue weighted by Gasteiger charge is 2.22. The average molecular weight is 407 g/mol. The van der Waals surface area contributed by atoms with E-state index in [1.54, 1.807) is 29.2 Å². The van der Waals surface area contributed by atoms with Gasteiger partial charge in [-0.25, -0.2) is 0 Å². The molecule has 1 saturated heterocycles. The molecule has 0 aliphatic carbocycles. The van der Waals surface area contributed by atoms with Crippen molar-refractivity contribution in [3.8, 4) is 0 Å². The van der Waals surface area contributed by atoms with E-state index in [1.165, 1.54) is 0 Å². The number of aryl methyl sites for hydroxylation is 2. The van der Waals surface area contributed by atoms with Crippen molar-refractivity contribution in [1.29, 1.82) is 0 Å². The second kappa shape index (κ2) is 9.48. The largest absolute Gasteiger partial charge is 0.457 e. The molecule has 1 amide bonds. The number of nitrogens with zero attached hydrogens (tertiary/aromatic N) is 1. The molecule has 156 valence electrons. The lowest BCUT2D eigenvalue weighted by molar-refractivity contribution is -0.142. The van der Waals surface area contributed by atoms with Crippen LogP contribution in [0, 0.1) is 13.8 Å². The van der Waals surface area contributed by atoms with Crippen LogP contribution < -0.4 is 4.90 Å². The summed E-state index contributed by atoms with van der Waals surface area (Å²) in [6, 6.07) is 12.4. The maximum absolute atomic E-state index is 12.4. The topological polar surface area (TPSA) is 80.8 Å². The number of ketones is 2. The molecule has 0 radical (unpaired) electrons. The lowest BCUT2D eigenvalue weighted by Gasteiger charge is -2.16. The molecule has 0 unspecified atom stereocenters. The Kier molecular flexibility index (Phi) is 6.77. The first-order valence-electron chi connectivity index (χ1n) is 10.0. The molecule has 1 heterocycles. The van der Waals surface area contributed by atoms with E-state index in [2.05, 4.69) is 0 Å². The minimum atomic E-state index is -0.590. The molecular formula is C24H25NO5. The summed E-state index contributed by atoms with van der Waals surface area (Å²) in [5.41, 5.74) is 3.51. The molecule has 1 aliphatic rings. The van der Waals surface area contributed by atoms with Crippen LogP contribution in [0.1, 0.15) is 57.5 Å². The van der Waals surface area contributed by atoms with Gasteiger partial charge in [-0.2, -0.15) is 0 Å². The third-order valence-electron chi connectivity index (χ3n) is 5.17. The Morgan fingerprint density at radius 1 is 1.00 bits per heavy atom. The fourth-order valence-electron chi connectivity index (χ4n) is 3.46. The standard InChI is InChI=1S/C24H25NO5/c1-16-8-9-17(2)20(13-16)21(26)10-11-24(29)30-15-22(27)18-5-3-6-19(14-18)25-12-4-7-23(25)28/h3,5-6,8-9,13-14H,4,7,10-12,15H2,1-2H3. The smallest absolute Gasteiger partial charge is 0.306 e. The van der Waals surface area contributed by atoms with Gasteiger partial charge in [-0.15, -0.1) is 0 Å². The van der Waals surface area contributed by atoms with Crippen LogP contribution in [-0.4, -0.2) is 36.6 Å². The summed E-state index contributed by atoms with van der Waals surface area (Å²) in [6.45, 7) is 4.01. The van der Waals surface area contributed by atoms with E-state index >= 15 is 0 Å². The molecule has 30 heavy (non-hydrogen) atoms. The van der Waals surface area contributed by atoms with E-state index in [0.29, 0.717) is 29.8 Å². The Labute approximate surface area is 175 Å². The third-order valence-corrected chi connectivity index (χ3v) is 5.17. The van der Waals surface area contributed by atoms with E-state index in [1.807, 2.05) is 32.0 Å². The first-order chi connectivity index (χ1) is 14.3. The molecule has 0 saturated carbocycles. The van der Waals surface area contributed by atoms with Gasteiger partial charge in [-0.1, -0.05) is 29.8 Å². The number of rotatable bonds is 8.